The first-order valence-corrected chi connectivity index (χ1v) is 14.0. The second-order valence-electron chi connectivity index (χ2n) is 10.3. The minimum absolute atomic E-state index is 0.0200. The van der Waals surface area contributed by atoms with Gasteiger partial charge in [0.1, 0.15) is 0 Å². The standard InChI is InChI=1S/C29H35ClF3N3O5/c30-25-11-10-22(17-24(25)29(31,32)33)35-28(41)36(15-13-23(37)16-19-4-2-1-3-5-19)18-20-6-8-21(9-7-20)27(40)34-14-12-26(38)39/h6-11,17,19,23,37H,1-5,12-16,18H2,(H,34,40)(H,35,41)(H,38,39). The number of carbonyl (C=O) groups excluding carboxylic acids is 2. The van der Waals surface area contributed by atoms with Crippen molar-refractivity contribution in [1.82, 2.24) is 10.2 Å². The number of aliphatic hydroxyl groups excluding tert-OH is 1. The predicted octanol–water partition coefficient (Wildman–Crippen LogP) is 6.32. The van der Waals surface area contributed by atoms with Crippen LogP contribution < -0.4 is 10.6 Å². The first kappa shape index (κ1) is 32.2. The summed E-state index contributed by atoms with van der Waals surface area (Å²) in [7, 11) is 0. The molecule has 0 aromatic heterocycles. The molecule has 0 saturated heterocycles. The molecule has 1 saturated carbocycles. The fourth-order valence-electron chi connectivity index (χ4n) is 4.87. The summed E-state index contributed by atoms with van der Waals surface area (Å²) in [5.74, 6) is -1.04. The summed E-state index contributed by atoms with van der Waals surface area (Å²) in [6.07, 6.45) is 1.00. The summed E-state index contributed by atoms with van der Waals surface area (Å²) in [5, 5.41) is 23.9. The van der Waals surface area contributed by atoms with Crippen molar-refractivity contribution in [2.45, 2.75) is 70.2 Å². The first-order valence-electron chi connectivity index (χ1n) is 13.6. The van der Waals surface area contributed by atoms with E-state index in [9.17, 15) is 32.7 Å². The molecule has 0 aliphatic heterocycles. The lowest BCUT2D eigenvalue weighted by Gasteiger charge is -2.27. The van der Waals surface area contributed by atoms with Gasteiger partial charge in [-0.05, 0) is 54.7 Å². The number of carbonyl (C=O) groups is 3. The Morgan fingerprint density at radius 2 is 1.73 bits per heavy atom. The minimum atomic E-state index is -4.69. The van der Waals surface area contributed by atoms with Crippen molar-refractivity contribution in [1.29, 1.82) is 0 Å². The van der Waals surface area contributed by atoms with Gasteiger partial charge in [-0.2, -0.15) is 13.2 Å². The lowest BCUT2D eigenvalue weighted by Crippen LogP contribution is -2.37. The van der Waals surface area contributed by atoms with Crippen LogP contribution in [0.25, 0.3) is 0 Å². The fraction of sp³-hybridized carbons (Fsp3) is 0.483. The van der Waals surface area contributed by atoms with E-state index in [1.807, 2.05) is 0 Å². The average Bonchev–Trinajstić information content (AvgIpc) is 2.92. The summed E-state index contributed by atoms with van der Waals surface area (Å²) >= 11 is 5.70. The quantitative estimate of drug-likeness (QED) is 0.228. The molecule has 3 amide bonds. The van der Waals surface area contributed by atoms with Gasteiger partial charge in [0.2, 0.25) is 0 Å². The van der Waals surface area contributed by atoms with E-state index in [-0.39, 0.29) is 31.7 Å². The van der Waals surface area contributed by atoms with E-state index < -0.39 is 40.8 Å². The van der Waals surface area contributed by atoms with Gasteiger partial charge < -0.3 is 25.7 Å². The Morgan fingerprint density at radius 3 is 2.37 bits per heavy atom. The number of carboxylic acids is 1. The highest BCUT2D eigenvalue weighted by molar-refractivity contribution is 6.31. The number of nitrogens with one attached hydrogen (secondary N) is 2. The number of rotatable bonds is 12. The molecule has 1 fully saturated rings. The van der Waals surface area contributed by atoms with Gasteiger partial charge in [-0.25, -0.2) is 4.79 Å². The summed E-state index contributed by atoms with van der Waals surface area (Å²) in [4.78, 5) is 37.5. The normalized spacial score (nSPS) is 14.8. The minimum Gasteiger partial charge on any atom is -0.481 e. The van der Waals surface area contributed by atoms with Crippen molar-refractivity contribution in [3.8, 4) is 0 Å². The zero-order valence-corrected chi connectivity index (χ0v) is 23.3. The zero-order chi connectivity index (χ0) is 30.0. The molecule has 1 unspecified atom stereocenters. The highest BCUT2D eigenvalue weighted by atomic mass is 35.5. The largest absolute Gasteiger partial charge is 0.481 e. The number of carboxylic acid groups (broad SMARTS) is 1. The maximum atomic E-state index is 13.3. The third-order valence-electron chi connectivity index (χ3n) is 7.09. The molecular weight excluding hydrogens is 563 g/mol. The lowest BCUT2D eigenvalue weighted by atomic mass is 9.85. The van der Waals surface area contributed by atoms with Crippen LogP contribution in [0, 0.1) is 5.92 Å². The van der Waals surface area contributed by atoms with Crippen LogP contribution in [-0.4, -0.2) is 52.2 Å². The van der Waals surface area contributed by atoms with Crippen molar-refractivity contribution < 1.29 is 37.8 Å². The van der Waals surface area contributed by atoms with Gasteiger partial charge in [-0.1, -0.05) is 55.8 Å². The van der Waals surface area contributed by atoms with Gasteiger partial charge in [0.25, 0.3) is 5.91 Å². The Labute approximate surface area is 241 Å². The highest BCUT2D eigenvalue weighted by Crippen LogP contribution is 2.36. The van der Waals surface area contributed by atoms with Gasteiger partial charge in [-0.15, -0.1) is 0 Å². The van der Waals surface area contributed by atoms with Gasteiger partial charge >= 0.3 is 18.2 Å². The van der Waals surface area contributed by atoms with Crippen LogP contribution in [0.5, 0.6) is 0 Å². The maximum absolute atomic E-state index is 13.3. The number of benzene rings is 2. The summed E-state index contributed by atoms with van der Waals surface area (Å²) in [6, 6.07) is 8.81. The molecule has 2 aromatic carbocycles. The van der Waals surface area contributed by atoms with Crippen LogP contribution in [0.2, 0.25) is 5.02 Å². The summed E-state index contributed by atoms with van der Waals surface area (Å²) < 4.78 is 40.0. The van der Waals surface area contributed by atoms with E-state index >= 15 is 0 Å². The van der Waals surface area contributed by atoms with Crippen LogP contribution in [0.1, 0.15) is 72.9 Å². The Kier molecular flexibility index (Phi) is 11.8. The molecule has 1 aliphatic rings. The molecule has 1 atom stereocenters. The Bertz CT molecular complexity index is 1190. The number of hydrogen-bond acceptors (Lipinski definition) is 4. The molecule has 224 valence electrons. The molecule has 0 heterocycles. The van der Waals surface area contributed by atoms with Crippen LogP contribution >= 0.6 is 11.6 Å². The van der Waals surface area contributed by atoms with Gasteiger partial charge in [0, 0.05) is 30.9 Å². The predicted molar refractivity (Wildman–Crippen MR) is 149 cm³/mol. The molecule has 4 N–H and O–H groups in total. The summed E-state index contributed by atoms with van der Waals surface area (Å²) in [5.41, 5.74) is -0.188. The lowest BCUT2D eigenvalue weighted by molar-refractivity contribution is -0.138. The van der Waals surface area contributed by atoms with Gasteiger partial charge in [-0.3, -0.25) is 9.59 Å². The Morgan fingerprint density at radius 1 is 1.05 bits per heavy atom. The monoisotopic (exact) mass is 597 g/mol. The van der Waals surface area contributed by atoms with Crippen LogP contribution in [0.4, 0.5) is 23.7 Å². The third kappa shape index (κ3) is 10.6. The topological polar surface area (TPSA) is 119 Å². The van der Waals surface area contributed by atoms with Gasteiger partial charge in [0.15, 0.2) is 0 Å². The molecule has 0 spiro atoms. The van der Waals surface area contributed by atoms with Crippen molar-refractivity contribution in [2.24, 2.45) is 5.92 Å². The van der Waals surface area contributed by atoms with E-state index in [4.69, 9.17) is 16.7 Å². The van der Waals surface area contributed by atoms with E-state index in [2.05, 4.69) is 10.6 Å². The second kappa shape index (κ2) is 15.1. The number of alkyl halides is 3. The molecule has 41 heavy (non-hydrogen) atoms. The SMILES string of the molecule is O=C(O)CCNC(=O)c1ccc(CN(CCC(O)CC2CCCCC2)C(=O)Nc2ccc(Cl)c(C(F)(F)F)c2)cc1. The average molecular weight is 598 g/mol. The maximum Gasteiger partial charge on any atom is 0.417 e. The number of hydrogen-bond donors (Lipinski definition) is 4. The van der Waals surface area contributed by atoms with E-state index in [0.29, 0.717) is 29.9 Å². The van der Waals surface area contributed by atoms with E-state index in [1.165, 1.54) is 29.5 Å². The Balaban J connectivity index is 1.70. The molecule has 8 nitrogen and oxygen atoms in total. The highest BCUT2D eigenvalue weighted by Gasteiger charge is 2.33. The number of amides is 3. The molecule has 0 bridgehead atoms. The molecule has 1 aliphatic carbocycles. The van der Waals surface area contributed by atoms with Crippen molar-refractivity contribution in [2.75, 3.05) is 18.4 Å². The van der Waals surface area contributed by atoms with Crippen molar-refractivity contribution in [3.63, 3.8) is 0 Å². The summed E-state index contributed by atoms with van der Waals surface area (Å²) in [6.45, 7) is 0.202. The molecule has 2 aromatic rings. The molecule has 0 radical (unpaired) electrons. The zero-order valence-electron chi connectivity index (χ0n) is 22.6. The Hall–Kier alpha value is -3.31. The number of aliphatic carboxylic acids is 1. The van der Waals surface area contributed by atoms with Crippen LogP contribution in [0.3, 0.4) is 0 Å². The number of aliphatic hydroxyl groups is 1. The van der Waals surface area contributed by atoms with Crippen molar-refractivity contribution in [3.05, 3.63) is 64.2 Å². The number of halogens is 4. The molecule has 12 heteroatoms. The van der Waals surface area contributed by atoms with Crippen LogP contribution in [0.15, 0.2) is 42.5 Å². The van der Waals surface area contributed by atoms with Crippen molar-refractivity contribution >= 4 is 35.2 Å². The van der Waals surface area contributed by atoms with Crippen LogP contribution in [-0.2, 0) is 17.5 Å². The van der Waals surface area contributed by atoms with Gasteiger partial charge in [0.05, 0.1) is 23.1 Å². The first-order chi connectivity index (χ1) is 19.4. The molecule has 3 rings (SSSR count). The number of anilines is 1. The van der Waals surface area contributed by atoms with E-state index in [0.717, 1.165) is 37.8 Å². The molecular formula is C29H35ClF3N3O5. The third-order valence-corrected chi connectivity index (χ3v) is 7.42. The number of nitrogens with zero attached hydrogens (tertiary/aromatic N) is 1. The van der Waals surface area contributed by atoms with E-state index in [1.54, 1.807) is 12.1 Å². The fourth-order valence-corrected chi connectivity index (χ4v) is 5.10. The smallest absolute Gasteiger partial charge is 0.417 e. The second-order valence-corrected chi connectivity index (χ2v) is 10.7. The number of urea groups is 1.